The predicted octanol–water partition coefficient (Wildman–Crippen LogP) is 0.507. The lowest BCUT2D eigenvalue weighted by Gasteiger charge is -2.21. The molecule has 0 aromatic rings. The second kappa shape index (κ2) is 7.17. The molecule has 0 aromatic carbocycles. The van der Waals surface area contributed by atoms with Crippen LogP contribution in [0.2, 0.25) is 0 Å². The zero-order valence-corrected chi connectivity index (χ0v) is 9.87. The van der Waals surface area contributed by atoms with Gasteiger partial charge in [0.25, 0.3) is 0 Å². The molecule has 0 bridgehead atoms. The summed E-state index contributed by atoms with van der Waals surface area (Å²) in [5.74, 6) is 0. The molecule has 3 N–H and O–H groups in total. The third kappa shape index (κ3) is 4.07. The first-order valence-corrected chi connectivity index (χ1v) is 5.80. The van der Waals surface area contributed by atoms with Gasteiger partial charge in [-0.1, -0.05) is 0 Å². The zero-order valence-electron chi connectivity index (χ0n) is 9.87. The van der Waals surface area contributed by atoms with Crippen LogP contribution in [0, 0.1) is 0 Å². The zero-order chi connectivity index (χ0) is 11.1. The summed E-state index contributed by atoms with van der Waals surface area (Å²) in [6.07, 6.45) is 5.21. The fourth-order valence-electron chi connectivity index (χ4n) is 2.20. The van der Waals surface area contributed by atoms with Crippen LogP contribution in [0.25, 0.3) is 0 Å². The van der Waals surface area contributed by atoms with Crippen molar-refractivity contribution >= 4 is 0 Å². The van der Waals surface area contributed by atoms with E-state index in [-0.39, 0.29) is 6.10 Å². The van der Waals surface area contributed by atoms with Gasteiger partial charge in [-0.3, -0.25) is 0 Å². The highest BCUT2D eigenvalue weighted by Crippen LogP contribution is 2.21. The maximum atomic E-state index is 5.55. The van der Waals surface area contributed by atoms with Gasteiger partial charge >= 0.3 is 0 Å². The Morgan fingerprint density at radius 3 is 2.80 bits per heavy atom. The second-order valence-corrected chi connectivity index (χ2v) is 4.15. The van der Waals surface area contributed by atoms with E-state index in [1.807, 2.05) is 0 Å². The second-order valence-electron chi connectivity index (χ2n) is 4.15. The molecule has 90 valence electrons. The summed E-state index contributed by atoms with van der Waals surface area (Å²) < 4.78 is 10.6. The lowest BCUT2D eigenvalue weighted by atomic mass is 10.2. The largest absolute Gasteiger partial charge is 0.380 e. The maximum Gasteiger partial charge on any atom is 0.0724 e. The quantitative estimate of drug-likeness (QED) is 0.651. The minimum Gasteiger partial charge on any atom is -0.380 e. The lowest BCUT2D eigenvalue weighted by molar-refractivity contribution is 0.0778. The molecular formula is C11H24N2O2. The highest BCUT2D eigenvalue weighted by atomic mass is 16.5. The SMILES string of the molecule is COC(CN)CCNC1CCCC1OC. The first-order chi connectivity index (χ1) is 7.31. The van der Waals surface area contributed by atoms with Gasteiger partial charge in [0, 0.05) is 26.8 Å². The fourth-order valence-corrected chi connectivity index (χ4v) is 2.20. The van der Waals surface area contributed by atoms with Gasteiger partial charge in [0.1, 0.15) is 0 Å². The molecular weight excluding hydrogens is 192 g/mol. The topological polar surface area (TPSA) is 56.5 Å². The van der Waals surface area contributed by atoms with Crippen molar-refractivity contribution < 1.29 is 9.47 Å². The Balaban J connectivity index is 2.13. The number of hydrogen-bond donors (Lipinski definition) is 2. The summed E-state index contributed by atoms with van der Waals surface area (Å²) in [6.45, 7) is 1.55. The Labute approximate surface area is 92.5 Å². The summed E-state index contributed by atoms with van der Waals surface area (Å²) in [5, 5.41) is 3.52. The molecule has 1 aliphatic rings. The molecule has 1 rings (SSSR count). The summed E-state index contributed by atoms with van der Waals surface area (Å²) in [4.78, 5) is 0. The average molecular weight is 216 g/mol. The van der Waals surface area contributed by atoms with Crippen molar-refractivity contribution in [3.8, 4) is 0 Å². The van der Waals surface area contributed by atoms with Crippen LogP contribution in [0.3, 0.4) is 0 Å². The van der Waals surface area contributed by atoms with E-state index < -0.39 is 0 Å². The molecule has 1 fully saturated rings. The van der Waals surface area contributed by atoms with Gasteiger partial charge < -0.3 is 20.5 Å². The molecule has 4 heteroatoms. The fraction of sp³-hybridized carbons (Fsp3) is 1.00. The minimum atomic E-state index is 0.180. The molecule has 0 aliphatic heterocycles. The molecule has 0 radical (unpaired) electrons. The van der Waals surface area contributed by atoms with Crippen LogP contribution in [-0.4, -0.2) is 45.6 Å². The van der Waals surface area contributed by atoms with Crippen molar-refractivity contribution in [2.24, 2.45) is 5.73 Å². The molecule has 1 aliphatic carbocycles. The third-order valence-corrected chi connectivity index (χ3v) is 3.22. The van der Waals surface area contributed by atoms with Gasteiger partial charge in [-0.25, -0.2) is 0 Å². The smallest absolute Gasteiger partial charge is 0.0724 e. The normalized spacial score (nSPS) is 28.2. The van der Waals surface area contributed by atoms with Crippen LogP contribution < -0.4 is 11.1 Å². The van der Waals surface area contributed by atoms with E-state index in [4.69, 9.17) is 15.2 Å². The summed E-state index contributed by atoms with van der Waals surface area (Å²) in [5.41, 5.74) is 5.55. The number of methoxy groups -OCH3 is 2. The van der Waals surface area contributed by atoms with Crippen molar-refractivity contribution in [1.82, 2.24) is 5.32 Å². The number of nitrogens with two attached hydrogens (primary N) is 1. The molecule has 15 heavy (non-hydrogen) atoms. The summed E-state index contributed by atoms with van der Waals surface area (Å²) >= 11 is 0. The van der Waals surface area contributed by atoms with Gasteiger partial charge in [-0.2, -0.15) is 0 Å². The first kappa shape index (κ1) is 12.9. The van der Waals surface area contributed by atoms with E-state index in [9.17, 15) is 0 Å². The molecule has 0 heterocycles. The first-order valence-electron chi connectivity index (χ1n) is 5.80. The molecule has 3 atom stereocenters. The average Bonchev–Trinajstić information content (AvgIpc) is 2.72. The van der Waals surface area contributed by atoms with E-state index in [0.29, 0.717) is 18.7 Å². The molecule has 0 amide bonds. The van der Waals surface area contributed by atoms with Crippen LogP contribution in [-0.2, 0) is 9.47 Å². The van der Waals surface area contributed by atoms with Gasteiger partial charge in [-0.15, -0.1) is 0 Å². The highest BCUT2D eigenvalue weighted by Gasteiger charge is 2.26. The van der Waals surface area contributed by atoms with Gasteiger partial charge in [0.05, 0.1) is 12.2 Å². The van der Waals surface area contributed by atoms with Crippen molar-refractivity contribution in [2.75, 3.05) is 27.3 Å². The van der Waals surface area contributed by atoms with Gasteiger partial charge in [0.15, 0.2) is 0 Å². The molecule has 0 aromatic heterocycles. The summed E-state index contributed by atoms with van der Waals surface area (Å²) in [6, 6.07) is 0.519. The van der Waals surface area contributed by atoms with E-state index in [0.717, 1.165) is 13.0 Å². The number of nitrogens with one attached hydrogen (secondary N) is 1. The monoisotopic (exact) mass is 216 g/mol. The molecule has 0 saturated heterocycles. The summed E-state index contributed by atoms with van der Waals surface area (Å²) in [7, 11) is 3.51. The number of rotatable bonds is 7. The Kier molecular flexibility index (Phi) is 6.17. The number of hydrogen-bond acceptors (Lipinski definition) is 4. The van der Waals surface area contributed by atoms with E-state index in [1.165, 1.54) is 19.3 Å². The standard InChI is InChI=1S/C11H24N2O2/c1-14-9(8-12)6-7-13-10-4-3-5-11(10)15-2/h9-11,13H,3-8,12H2,1-2H3. The van der Waals surface area contributed by atoms with Crippen LogP contribution in [0.1, 0.15) is 25.7 Å². The third-order valence-electron chi connectivity index (χ3n) is 3.22. The number of ether oxygens (including phenoxy) is 2. The predicted molar refractivity (Wildman–Crippen MR) is 60.9 cm³/mol. The van der Waals surface area contributed by atoms with E-state index in [2.05, 4.69) is 5.32 Å². The van der Waals surface area contributed by atoms with Crippen LogP contribution in [0.4, 0.5) is 0 Å². The Bertz CT molecular complexity index is 163. The van der Waals surface area contributed by atoms with Crippen molar-refractivity contribution in [3.63, 3.8) is 0 Å². The highest BCUT2D eigenvalue weighted by molar-refractivity contribution is 4.83. The van der Waals surface area contributed by atoms with Gasteiger partial charge in [-0.05, 0) is 32.2 Å². The van der Waals surface area contributed by atoms with Crippen LogP contribution >= 0.6 is 0 Å². The molecule has 3 unspecified atom stereocenters. The molecule has 4 nitrogen and oxygen atoms in total. The molecule has 0 spiro atoms. The van der Waals surface area contributed by atoms with Crippen molar-refractivity contribution in [2.45, 2.75) is 43.9 Å². The minimum absolute atomic E-state index is 0.180. The van der Waals surface area contributed by atoms with Crippen LogP contribution in [0.5, 0.6) is 0 Å². The Hall–Kier alpha value is -0.160. The van der Waals surface area contributed by atoms with Crippen LogP contribution in [0.15, 0.2) is 0 Å². The van der Waals surface area contributed by atoms with E-state index >= 15 is 0 Å². The van der Waals surface area contributed by atoms with Crippen molar-refractivity contribution in [3.05, 3.63) is 0 Å². The maximum absolute atomic E-state index is 5.55. The molecule has 1 saturated carbocycles. The van der Waals surface area contributed by atoms with E-state index in [1.54, 1.807) is 14.2 Å². The van der Waals surface area contributed by atoms with Crippen molar-refractivity contribution in [1.29, 1.82) is 0 Å². The Morgan fingerprint density at radius 1 is 1.40 bits per heavy atom. The Morgan fingerprint density at radius 2 is 2.20 bits per heavy atom. The van der Waals surface area contributed by atoms with Gasteiger partial charge in [0.2, 0.25) is 0 Å². The lowest BCUT2D eigenvalue weighted by Crippen LogP contribution is -2.39.